The average Bonchev–Trinajstić information content (AvgIpc) is 3.56. The molecule has 0 aliphatic carbocycles. The Morgan fingerprint density at radius 2 is 1.31 bits per heavy atom. The summed E-state index contributed by atoms with van der Waals surface area (Å²) in [6.45, 7) is 8.68. The highest BCUT2D eigenvalue weighted by atomic mass is 32.1. The summed E-state index contributed by atoms with van der Waals surface area (Å²) in [5.74, 6) is 2.86. The van der Waals surface area contributed by atoms with Crippen molar-refractivity contribution in [3.05, 3.63) is 72.3 Å². The van der Waals surface area contributed by atoms with Gasteiger partial charge in [0.2, 0.25) is 0 Å². The van der Waals surface area contributed by atoms with E-state index in [0.717, 1.165) is 33.7 Å². The Balaban J connectivity index is 1.34. The molecule has 0 spiro atoms. The highest BCUT2D eigenvalue weighted by Crippen LogP contribution is 2.39. The van der Waals surface area contributed by atoms with Gasteiger partial charge in [0.1, 0.15) is 11.6 Å². The predicted molar refractivity (Wildman–Crippen MR) is 150 cm³/mol. The standard InChI is InChI=1S/C30H26N4S/c1-15(2)29-32-24-13-22-21-9-6-18(12-26(21)35-27(22)14-25(24)33-29)17-5-8-20-19(11-17)7-10-23-28(20)34-30(31-23)16(3)4/h5-16H,1-4H3,(H,31,34)(H,32,33). The third-order valence-corrected chi connectivity index (χ3v) is 8.12. The van der Waals surface area contributed by atoms with Crippen molar-refractivity contribution in [3.8, 4) is 11.1 Å². The second kappa shape index (κ2) is 7.40. The molecular formula is C30H26N4S. The van der Waals surface area contributed by atoms with Gasteiger partial charge in [0.25, 0.3) is 0 Å². The van der Waals surface area contributed by atoms with Crippen LogP contribution in [0.25, 0.3) is 64.1 Å². The van der Waals surface area contributed by atoms with Crippen LogP contribution in [-0.4, -0.2) is 19.9 Å². The lowest BCUT2D eigenvalue weighted by Gasteiger charge is -2.05. The van der Waals surface area contributed by atoms with Gasteiger partial charge in [-0.2, -0.15) is 0 Å². The van der Waals surface area contributed by atoms with Crippen LogP contribution in [0.5, 0.6) is 0 Å². The molecule has 7 rings (SSSR count). The van der Waals surface area contributed by atoms with Gasteiger partial charge in [-0.3, -0.25) is 0 Å². The summed E-state index contributed by atoms with van der Waals surface area (Å²) < 4.78 is 2.59. The van der Waals surface area contributed by atoms with Crippen molar-refractivity contribution < 1.29 is 0 Å². The smallest absolute Gasteiger partial charge is 0.109 e. The van der Waals surface area contributed by atoms with E-state index in [2.05, 4.69) is 98.3 Å². The molecule has 3 aromatic heterocycles. The van der Waals surface area contributed by atoms with E-state index in [9.17, 15) is 0 Å². The van der Waals surface area contributed by atoms with Crippen molar-refractivity contribution in [1.29, 1.82) is 0 Å². The molecule has 0 fully saturated rings. The van der Waals surface area contributed by atoms with Crippen molar-refractivity contribution >= 4 is 64.3 Å². The van der Waals surface area contributed by atoms with Gasteiger partial charge in [0, 0.05) is 37.4 Å². The summed E-state index contributed by atoms with van der Waals surface area (Å²) in [5.41, 5.74) is 6.79. The number of aromatic amines is 2. The minimum absolute atomic E-state index is 0.380. The number of aromatic nitrogens is 4. The molecule has 2 N–H and O–H groups in total. The average molecular weight is 475 g/mol. The summed E-state index contributed by atoms with van der Waals surface area (Å²) >= 11 is 1.85. The van der Waals surface area contributed by atoms with Gasteiger partial charge in [-0.25, -0.2) is 9.97 Å². The van der Waals surface area contributed by atoms with E-state index >= 15 is 0 Å². The largest absolute Gasteiger partial charge is 0.342 e. The quantitative estimate of drug-likeness (QED) is 0.269. The third kappa shape index (κ3) is 3.18. The predicted octanol–water partition coefficient (Wildman–Crippen LogP) is 8.87. The monoisotopic (exact) mass is 474 g/mol. The van der Waals surface area contributed by atoms with Crippen molar-refractivity contribution in [3.63, 3.8) is 0 Å². The zero-order valence-corrected chi connectivity index (χ0v) is 21.0. The Morgan fingerprint density at radius 3 is 2.11 bits per heavy atom. The Labute approximate surface area is 207 Å². The lowest BCUT2D eigenvalue weighted by molar-refractivity contribution is 0.799. The number of hydrogen-bond acceptors (Lipinski definition) is 3. The fourth-order valence-electron chi connectivity index (χ4n) is 5.03. The molecule has 5 heteroatoms. The summed E-state index contributed by atoms with van der Waals surface area (Å²) in [6.07, 6.45) is 0. The molecule has 0 aliphatic rings. The van der Waals surface area contributed by atoms with Crippen LogP contribution in [0.3, 0.4) is 0 Å². The van der Waals surface area contributed by atoms with Gasteiger partial charge in [-0.05, 0) is 46.8 Å². The van der Waals surface area contributed by atoms with E-state index in [0.29, 0.717) is 11.8 Å². The van der Waals surface area contributed by atoms with Crippen molar-refractivity contribution in [1.82, 2.24) is 19.9 Å². The van der Waals surface area contributed by atoms with E-state index in [-0.39, 0.29) is 0 Å². The van der Waals surface area contributed by atoms with Gasteiger partial charge >= 0.3 is 0 Å². The van der Waals surface area contributed by atoms with E-state index in [4.69, 9.17) is 9.97 Å². The molecule has 7 aromatic rings. The number of rotatable bonds is 3. The van der Waals surface area contributed by atoms with Crippen molar-refractivity contribution in [2.24, 2.45) is 0 Å². The Hall–Kier alpha value is -3.70. The van der Waals surface area contributed by atoms with Gasteiger partial charge in [-0.1, -0.05) is 58.0 Å². The van der Waals surface area contributed by atoms with Gasteiger partial charge in [0.05, 0.1) is 22.1 Å². The SMILES string of the molecule is CC(C)c1nc2cc3sc4cc(-c5ccc6c(ccc7[nH]c(C(C)C)nc76)c5)ccc4c3cc2[nH]1. The summed E-state index contributed by atoms with van der Waals surface area (Å²) in [7, 11) is 0. The number of thiophene rings is 1. The third-order valence-electron chi connectivity index (χ3n) is 7.01. The fraction of sp³-hybridized carbons (Fsp3) is 0.200. The number of nitrogens with zero attached hydrogens (tertiary/aromatic N) is 2. The summed E-state index contributed by atoms with van der Waals surface area (Å²) in [6, 6.07) is 22.4. The molecule has 0 aliphatic heterocycles. The molecule has 0 bridgehead atoms. The molecule has 35 heavy (non-hydrogen) atoms. The number of fused-ring (bicyclic) bond motifs is 7. The maximum atomic E-state index is 4.88. The molecule has 0 unspecified atom stereocenters. The first kappa shape index (κ1) is 20.7. The van der Waals surface area contributed by atoms with Crippen LogP contribution < -0.4 is 0 Å². The van der Waals surface area contributed by atoms with Crippen LogP contribution >= 0.6 is 11.3 Å². The number of imidazole rings is 2. The van der Waals surface area contributed by atoms with Crippen molar-refractivity contribution in [2.75, 3.05) is 0 Å². The number of hydrogen-bond donors (Lipinski definition) is 2. The molecule has 0 saturated heterocycles. The molecule has 4 aromatic carbocycles. The van der Waals surface area contributed by atoms with E-state index in [1.165, 1.54) is 42.1 Å². The lowest BCUT2D eigenvalue weighted by atomic mass is 9.99. The van der Waals surface area contributed by atoms with Crippen LogP contribution in [0.1, 0.15) is 51.2 Å². The second-order valence-corrected chi connectivity index (χ2v) is 11.2. The highest BCUT2D eigenvalue weighted by Gasteiger charge is 2.13. The second-order valence-electron chi connectivity index (χ2n) is 10.1. The van der Waals surface area contributed by atoms with Crippen LogP contribution in [0, 0.1) is 0 Å². The molecule has 3 heterocycles. The van der Waals surface area contributed by atoms with Crippen molar-refractivity contribution in [2.45, 2.75) is 39.5 Å². The van der Waals surface area contributed by atoms with E-state index < -0.39 is 0 Å². The summed E-state index contributed by atoms with van der Waals surface area (Å²) in [5, 5.41) is 5.01. The topological polar surface area (TPSA) is 57.4 Å². The Bertz CT molecular complexity index is 1920. The number of H-pyrrole nitrogens is 2. The minimum atomic E-state index is 0.380. The van der Waals surface area contributed by atoms with E-state index in [1.807, 2.05) is 11.3 Å². The maximum absolute atomic E-state index is 4.88. The molecule has 0 saturated carbocycles. The summed E-state index contributed by atoms with van der Waals surface area (Å²) in [4.78, 5) is 16.7. The van der Waals surface area contributed by atoms with E-state index in [1.54, 1.807) is 0 Å². The highest BCUT2D eigenvalue weighted by molar-refractivity contribution is 7.25. The molecule has 0 atom stereocenters. The first-order chi connectivity index (χ1) is 16.9. The Morgan fingerprint density at radius 1 is 0.629 bits per heavy atom. The van der Waals surface area contributed by atoms with Gasteiger partial charge < -0.3 is 9.97 Å². The molecule has 0 radical (unpaired) electrons. The zero-order chi connectivity index (χ0) is 23.8. The maximum Gasteiger partial charge on any atom is 0.109 e. The molecular weight excluding hydrogens is 448 g/mol. The Kier molecular flexibility index (Phi) is 4.37. The minimum Gasteiger partial charge on any atom is -0.342 e. The fourth-order valence-corrected chi connectivity index (χ4v) is 6.19. The lowest BCUT2D eigenvalue weighted by Crippen LogP contribution is -1.88. The number of benzene rings is 4. The van der Waals surface area contributed by atoms with Crippen LogP contribution in [0.2, 0.25) is 0 Å². The molecule has 172 valence electrons. The van der Waals surface area contributed by atoms with Gasteiger partial charge in [0.15, 0.2) is 0 Å². The first-order valence-corrected chi connectivity index (χ1v) is 13.0. The van der Waals surface area contributed by atoms with Crippen LogP contribution in [0.4, 0.5) is 0 Å². The molecule has 0 amide bonds. The van der Waals surface area contributed by atoms with Crippen LogP contribution in [-0.2, 0) is 0 Å². The first-order valence-electron chi connectivity index (χ1n) is 12.2. The zero-order valence-electron chi connectivity index (χ0n) is 20.2. The molecule has 4 nitrogen and oxygen atoms in total. The number of nitrogens with one attached hydrogen (secondary N) is 2. The normalized spacial score (nSPS) is 12.5. The van der Waals surface area contributed by atoms with Crippen LogP contribution in [0.15, 0.2) is 60.7 Å². The van der Waals surface area contributed by atoms with Gasteiger partial charge in [-0.15, -0.1) is 11.3 Å².